The Labute approximate surface area is 153 Å². The molecule has 2 N–H and O–H groups in total. The molecule has 1 saturated heterocycles. The van der Waals surface area contributed by atoms with Crippen LogP contribution >= 0.6 is 0 Å². The number of para-hydroxylation sites is 2. The van der Waals surface area contributed by atoms with E-state index in [0.717, 1.165) is 11.3 Å². The fourth-order valence-electron chi connectivity index (χ4n) is 3.04. The Balaban J connectivity index is 1.53. The lowest BCUT2D eigenvalue weighted by molar-refractivity contribution is -0.117. The smallest absolute Gasteiger partial charge is 0.319 e. The van der Waals surface area contributed by atoms with Gasteiger partial charge < -0.3 is 20.3 Å². The summed E-state index contributed by atoms with van der Waals surface area (Å²) in [7, 11) is 1.56. The fraction of sp³-hybridized carbons (Fsp3) is 0.300. The van der Waals surface area contributed by atoms with Crippen molar-refractivity contribution in [2.24, 2.45) is 5.92 Å². The van der Waals surface area contributed by atoms with Gasteiger partial charge in [0.1, 0.15) is 5.75 Å². The van der Waals surface area contributed by atoms with Gasteiger partial charge in [-0.15, -0.1) is 0 Å². The molecule has 26 heavy (non-hydrogen) atoms. The van der Waals surface area contributed by atoms with Gasteiger partial charge in [0.15, 0.2) is 0 Å². The Kier molecular flexibility index (Phi) is 5.41. The Bertz CT molecular complexity index is 789. The first-order chi connectivity index (χ1) is 12.6. The van der Waals surface area contributed by atoms with Gasteiger partial charge in [-0.05, 0) is 31.2 Å². The number of ether oxygens (including phenoxy) is 1. The van der Waals surface area contributed by atoms with E-state index in [0.29, 0.717) is 30.9 Å². The molecule has 0 radical (unpaired) electrons. The molecule has 2 aromatic carbocycles. The van der Waals surface area contributed by atoms with Crippen LogP contribution in [0.4, 0.5) is 16.2 Å². The second kappa shape index (κ2) is 7.91. The quantitative estimate of drug-likeness (QED) is 0.867. The molecule has 1 fully saturated rings. The predicted octanol–water partition coefficient (Wildman–Crippen LogP) is 3.18. The number of nitrogens with zero attached hydrogens (tertiary/aromatic N) is 1. The molecule has 1 aliphatic heterocycles. The topological polar surface area (TPSA) is 70.7 Å². The molecule has 136 valence electrons. The van der Waals surface area contributed by atoms with Crippen molar-refractivity contribution in [1.29, 1.82) is 0 Å². The normalized spacial score (nSPS) is 16.5. The third-order valence-electron chi connectivity index (χ3n) is 4.46. The highest BCUT2D eigenvalue weighted by atomic mass is 16.5. The Morgan fingerprint density at radius 3 is 2.65 bits per heavy atom. The molecule has 1 heterocycles. The zero-order valence-corrected chi connectivity index (χ0v) is 15.0. The fourth-order valence-corrected chi connectivity index (χ4v) is 3.04. The van der Waals surface area contributed by atoms with Crippen LogP contribution in [-0.2, 0) is 4.79 Å². The maximum atomic E-state index is 12.3. The Morgan fingerprint density at radius 1 is 1.19 bits per heavy atom. The largest absolute Gasteiger partial charge is 0.495 e. The number of urea groups is 1. The lowest BCUT2D eigenvalue weighted by Gasteiger charge is -2.17. The van der Waals surface area contributed by atoms with E-state index in [-0.39, 0.29) is 17.9 Å². The average Bonchev–Trinajstić information content (AvgIpc) is 3.02. The first kappa shape index (κ1) is 17.8. The summed E-state index contributed by atoms with van der Waals surface area (Å²) >= 11 is 0. The molecule has 3 rings (SSSR count). The molecule has 6 heteroatoms. The van der Waals surface area contributed by atoms with E-state index in [1.165, 1.54) is 0 Å². The Hall–Kier alpha value is -3.02. The van der Waals surface area contributed by atoms with E-state index in [1.54, 1.807) is 24.1 Å². The van der Waals surface area contributed by atoms with Gasteiger partial charge >= 0.3 is 6.03 Å². The SMILES string of the molecule is COc1ccccc1NC(=O)NC[C@@H]1CC(=O)N(c2ccc(C)cc2)C1. The number of amides is 3. The summed E-state index contributed by atoms with van der Waals surface area (Å²) in [4.78, 5) is 26.2. The van der Waals surface area contributed by atoms with E-state index in [4.69, 9.17) is 4.74 Å². The van der Waals surface area contributed by atoms with Crippen LogP contribution in [-0.4, -0.2) is 32.1 Å². The summed E-state index contributed by atoms with van der Waals surface area (Å²) in [5, 5.41) is 5.61. The number of methoxy groups -OCH3 is 1. The third-order valence-corrected chi connectivity index (χ3v) is 4.46. The minimum absolute atomic E-state index is 0.0887. The van der Waals surface area contributed by atoms with Crippen LogP contribution in [0, 0.1) is 12.8 Å². The van der Waals surface area contributed by atoms with Crippen molar-refractivity contribution in [2.45, 2.75) is 13.3 Å². The number of aryl methyl sites for hydroxylation is 1. The van der Waals surface area contributed by atoms with Gasteiger partial charge in [0.25, 0.3) is 0 Å². The molecule has 0 bridgehead atoms. The second-order valence-electron chi connectivity index (χ2n) is 6.45. The number of anilines is 2. The van der Waals surface area contributed by atoms with Gasteiger partial charge in [-0.2, -0.15) is 0 Å². The molecule has 0 saturated carbocycles. The van der Waals surface area contributed by atoms with Gasteiger partial charge in [0, 0.05) is 31.1 Å². The van der Waals surface area contributed by atoms with E-state index < -0.39 is 0 Å². The summed E-state index contributed by atoms with van der Waals surface area (Å²) in [6.07, 6.45) is 0.433. The number of carbonyl (C=O) groups is 2. The lowest BCUT2D eigenvalue weighted by atomic mass is 10.1. The van der Waals surface area contributed by atoms with Crippen LogP contribution in [0.3, 0.4) is 0 Å². The highest BCUT2D eigenvalue weighted by molar-refractivity contribution is 5.96. The monoisotopic (exact) mass is 353 g/mol. The van der Waals surface area contributed by atoms with E-state index >= 15 is 0 Å². The maximum absolute atomic E-state index is 12.3. The molecule has 3 amide bonds. The Morgan fingerprint density at radius 2 is 1.92 bits per heavy atom. The van der Waals surface area contributed by atoms with E-state index in [2.05, 4.69) is 10.6 Å². The highest BCUT2D eigenvalue weighted by Crippen LogP contribution is 2.25. The molecule has 2 aromatic rings. The van der Waals surface area contributed by atoms with Crippen LogP contribution in [0.5, 0.6) is 5.75 Å². The summed E-state index contributed by atoms with van der Waals surface area (Å²) < 4.78 is 5.22. The summed E-state index contributed by atoms with van der Waals surface area (Å²) in [5.74, 6) is 0.780. The maximum Gasteiger partial charge on any atom is 0.319 e. The summed E-state index contributed by atoms with van der Waals surface area (Å²) in [6.45, 7) is 3.06. The average molecular weight is 353 g/mol. The number of nitrogens with one attached hydrogen (secondary N) is 2. The number of rotatable bonds is 5. The van der Waals surface area contributed by atoms with Crippen LogP contribution in [0.2, 0.25) is 0 Å². The number of hydrogen-bond donors (Lipinski definition) is 2. The molecule has 0 aromatic heterocycles. The van der Waals surface area contributed by atoms with Crippen LogP contribution in [0.1, 0.15) is 12.0 Å². The number of hydrogen-bond acceptors (Lipinski definition) is 3. The molecular formula is C20H23N3O3. The number of carbonyl (C=O) groups excluding carboxylic acids is 2. The first-order valence-corrected chi connectivity index (χ1v) is 8.61. The molecular weight excluding hydrogens is 330 g/mol. The van der Waals surface area contributed by atoms with Crippen molar-refractivity contribution in [2.75, 3.05) is 30.4 Å². The van der Waals surface area contributed by atoms with Crippen LogP contribution in [0.25, 0.3) is 0 Å². The van der Waals surface area contributed by atoms with Gasteiger partial charge in [-0.1, -0.05) is 29.8 Å². The highest BCUT2D eigenvalue weighted by Gasteiger charge is 2.30. The van der Waals surface area contributed by atoms with Crippen molar-refractivity contribution >= 4 is 23.3 Å². The van der Waals surface area contributed by atoms with Crippen molar-refractivity contribution in [3.8, 4) is 5.75 Å². The van der Waals surface area contributed by atoms with Crippen molar-refractivity contribution in [1.82, 2.24) is 5.32 Å². The van der Waals surface area contributed by atoms with Crippen LogP contribution < -0.4 is 20.3 Å². The zero-order chi connectivity index (χ0) is 18.5. The molecule has 0 unspecified atom stereocenters. The van der Waals surface area contributed by atoms with Crippen LogP contribution in [0.15, 0.2) is 48.5 Å². The van der Waals surface area contributed by atoms with Crippen molar-refractivity contribution in [3.63, 3.8) is 0 Å². The number of benzene rings is 2. The van der Waals surface area contributed by atoms with Gasteiger partial charge in [-0.3, -0.25) is 4.79 Å². The van der Waals surface area contributed by atoms with E-state index in [1.807, 2.05) is 43.3 Å². The molecule has 6 nitrogen and oxygen atoms in total. The standard InChI is InChI=1S/C20H23N3O3/c1-14-7-9-16(10-8-14)23-13-15(11-19(23)24)12-21-20(25)22-17-5-3-4-6-18(17)26-2/h3-10,15H,11-13H2,1-2H3,(H2,21,22,25)/t15-/m0/s1. The summed E-state index contributed by atoms with van der Waals surface area (Å²) in [6, 6.07) is 14.8. The molecule has 1 atom stereocenters. The van der Waals surface area contributed by atoms with Gasteiger partial charge in [-0.25, -0.2) is 4.79 Å². The first-order valence-electron chi connectivity index (χ1n) is 8.61. The van der Waals surface area contributed by atoms with Gasteiger partial charge in [0.2, 0.25) is 5.91 Å². The third kappa shape index (κ3) is 4.14. The minimum atomic E-state index is -0.310. The predicted molar refractivity (Wildman–Crippen MR) is 102 cm³/mol. The second-order valence-corrected chi connectivity index (χ2v) is 6.45. The lowest BCUT2D eigenvalue weighted by Crippen LogP contribution is -2.34. The molecule has 1 aliphatic rings. The summed E-state index contributed by atoms with van der Waals surface area (Å²) in [5.41, 5.74) is 2.67. The van der Waals surface area contributed by atoms with Crippen molar-refractivity contribution < 1.29 is 14.3 Å². The van der Waals surface area contributed by atoms with Gasteiger partial charge in [0.05, 0.1) is 12.8 Å². The zero-order valence-electron chi connectivity index (χ0n) is 15.0. The van der Waals surface area contributed by atoms with Crippen molar-refractivity contribution in [3.05, 3.63) is 54.1 Å². The molecule has 0 aliphatic carbocycles. The minimum Gasteiger partial charge on any atom is -0.495 e. The molecule has 0 spiro atoms. The van der Waals surface area contributed by atoms with E-state index in [9.17, 15) is 9.59 Å².